The van der Waals surface area contributed by atoms with E-state index in [-0.39, 0.29) is 158 Å². The van der Waals surface area contributed by atoms with Crippen LogP contribution in [0.15, 0.2) is 0 Å². The minimum absolute atomic E-state index is 0. The molecule has 0 aliphatic carbocycles. The molecule has 3 rings (SSSR count). The normalized spacial score (nSPS) is 17.0. The second kappa shape index (κ2) is 54.3. The average Bonchev–Trinajstić information content (AvgIpc) is 0.781. The van der Waals surface area contributed by atoms with Crippen LogP contribution in [0.4, 0.5) is 0 Å². The number of hydrogen-bond acceptors (Lipinski definition) is 31. The minimum Gasteiger partial charge on any atom is -0.549 e. The number of carboxylic acid groups (broad SMARTS) is 12. The molecule has 0 bridgehead atoms. The summed E-state index contributed by atoms with van der Waals surface area (Å²) in [6.07, 6.45) is 4.93. The van der Waals surface area contributed by atoms with E-state index in [2.05, 4.69) is 99.0 Å². The fourth-order valence-corrected chi connectivity index (χ4v) is 14.1. The smallest absolute Gasteiger partial charge is 0.549 e. The van der Waals surface area contributed by atoms with Crippen LogP contribution in [0.25, 0.3) is 0 Å². The number of piperidine rings is 3. The van der Waals surface area contributed by atoms with Crippen molar-refractivity contribution in [3.63, 3.8) is 0 Å². The molecule has 3 fully saturated rings. The predicted octanol–water partition coefficient (Wildman–Crippen LogP) is -5.00. The van der Waals surface area contributed by atoms with Gasteiger partial charge in [0.05, 0.1) is 115 Å². The number of carboxylic acids is 12. The molecule has 0 spiro atoms. The molecule has 696 valence electrons. The summed E-state index contributed by atoms with van der Waals surface area (Å²) < 4.78 is 0. The van der Waals surface area contributed by atoms with Gasteiger partial charge in [-0.3, -0.25) is 111 Å². The molecule has 3 saturated heterocycles. The van der Waals surface area contributed by atoms with Gasteiger partial charge in [0, 0.05) is 118 Å². The maximum atomic E-state index is 11.3. The van der Waals surface area contributed by atoms with Gasteiger partial charge in [-0.2, -0.15) is 15.2 Å². The molecular weight excluding hydrogens is 1620 g/mol. The van der Waals surface area contributed by atoms with E-state index in [0.717, 1.165) is 67.9 Å². The number of nitrogens with one attached hydrogen (secondary N) is 3. The van der Waals surface area contributed by atoms with Gasteiger partial charge in [0.1, 0.15) is 0 Å². The number of hydrogen-bond donors (Lipinski definition) is 17. The fraction of sp³-hybridized carbons (Fsp3) is 0.800. The van der Waals surface area contributed by atoms with Crippen molar-refractivity contribution in [3.05, 3.63) is 0 Å². The number of rotatable bonds is 45. The first-order chi connectivity index (χ1) is 54.1. The number of amides is 3. The quantitative estimate of drug-likeness (QED) is 0.0254. The Hall–Kier alpha value is -7.55. The maximum Gasteiger partial charge on any atom is 1.00 e. The average molecular weight is 1760 g/mol. The Morgan fingerprint density at radius 3 is 0.521 bits per heavy atom. The van der Waals surface area contributed by atoms with E-state index in [0.29, 0.717) is 0 Å². The van der Waals surface area contributed by atoms with Gasteiger partial charge in [-0.1, -0.05) is 0 Å². The number of aliphatic hydroxyl groups is 3. The molecule has 0 saturated carbocycles. The molecule has 0 aromatic carbocycles. The number of carbonyl (C=O) groups excluding carboxylic acids is 4. The van der Waals surface area contributed by atoms with Crippen molar-refractivity contribution in [1.29, 1.82) is 0 Å². The Kier molecular flexibility index (Phi) is 53.7. The summed E-state index contributed by atoms with van der Waals surface area (Å²) >= 11 is 0. The van der Waals surface area contributed by atoms with Crippen molar-refractivity contribution >= 4 is 89.4 Å². The molecule has 121 heavy (non-hydrogen) atoms. The van der Waals surface area contributed by atoms with Gasteiger partial charge in [0.25, 0.3) is 0 Å². The minimum atomic E-state index is -1.48. The zero-order valence-corrected chi connectivity index (χ0v) is 76.4. The Balaban J connectivity index is -0.000000678. The molecule has 0 radical (unpaired) electrons. The molecular formula is C75H137N12NaO33. The third-order valence-corrected chi connectivity index (χ3v) is 17.1. The first kappa shape index (κ1) is 120. The Morgan fingerprint density at radius 1 is 0.298 bits per heavy atom. The summed E-state index contributed by atoms with van der Waals surface area (Å²) in [5.74, 6) is -15.0. The molecule has 0 unspecified atom stereocenters. The van der Waals surface area contributed by atoms with Crippen LogP contribution in [0.3, 0.4) is 0 Å². The van der Waals surface area contributed by atoms with Crippen molar-refractivity contribution in [1.82, 2.24) is 60.5 Å². The molecule has 3 aliphatic rings. The fourth-order valence-electron chi connectivity index (χ4n) is 14.1. The van der Waals surface area contributed by atoms with Crippen molar-refractivity contribution in [2.75, 3.05) is 138 Å². The van der Waals surface area contributed by atoms with Crippen molar-refractivity contribution in [3.8, 4) is 0 Å². The van der Waals surface area contributed by atoms with E-state index in [1.807, 2.05) is 15.2 Å². The van der Waals surface area contributed by atoms with Crippen LogP contribution in [-0.2, 0) is 86.4 Å². The maximum absolute atomic E-state index is 11.3. The molecule has 17 N–H and O–H groups in total. The summed E-state index contributed by atoms with van der Waals surface area (Å²) in [6, 6.07) is 0.457. The van der Waals surface area contributed by atoms with Gasteiger partial charge in [-0.25, -0.2) is 0 Å². The summed E-state index contributed by atoms with van der Waals surface area (Å²) in [5.41, 5.74) is -3.83. The van der Waals surface area contributed by atoms with E-state index in [9.17, 15) is 92.3 Å². The van der Waals surface area contributed by atoms with Gasteiger partial charge < -0.3 is 97.3 Å². The van der Waals surface area contributed by atoms with Crippen molar-refractivity contribution in [2.45, 2.75) is 252 Å². The van der Waals surface area contributed by atoms with Crippen LogP contribution in [0.2, 0.25) is 0 Å². The van der Waals surface area contributed by atoms with Crippen molar-refractivity contribution < 1.29 is 193 Å². The van der Waals surface area contributed by atoms with Crippen LogP contribution >= 0.6 is 0 Å². The van der Waals surface area contributed by atoms with E-state index in [1.165, 1.54) is 0 Å². The second-order valence-electron chi connectivity index (χ2n) is 35.4. The van der Waals surface area contributed by atoms with Crippen LogP contribution in [0, 0.1) is 0 Å². The topological polar surface area (TPSA) is 655 Å². The molecule has 3 amide bonds. The molecule has 46 heteroatoms. The number of hydroxylamine groups is 6. The van der Waals surface area contributed by atoms with Gasteiger partial charge in [-0.15, -0.1) is 0 Å². The molecule has 3 heterocycles. The Bertz CT molecular complexity index is 2750. The number of aliphatic carboxylic acids is 12. The van der Waals surface area contributed by atoms with Gasteiger partial charge >= 0.3 is 95.2 Å². The zero-order chi connectivity index (χ0) is 94.4. The number of nitrogens with zero attached hydrogens (tertiary/aromatic N) is 9. The van der Waals surface area contributed by atoms with Crippen LogP contribution in [0.1, 0.15) is 184 Å². The molecule has 0 atom stereocenters. The predicted molar refractivity (Wildman–Crippen MR) is 425 cm³/mol. The summed E-state index contributed by atoms with van der Waals surface area (Å²) in [6.45, 7) is 34.1. The standard InChI is InChI=1S/3C15H30N2O3.3C10H16N2O8.Na/c3*1-11(18)16-12-8-13(2,3)17(14(4,5)9-12)20-10-15(6,7)19;3*13-7(14)3-11(4-8(15)16)1-2-12(5-9(17)18)6-10(19)20;/h3*12,19H,8-10H2,1-7H3,(H,16,18);3*1-6H2,(H,13,14)(H,15,16)(H,17,18)(H,19,20);/q;;;;;;+1/p-1. The van der Waals surface area contributed by atoms with E-state index in [1.54, 1.807) is 62.3 Å². The molecule has 45 nitrogen and oxygen atoms in total. The molecule has 0 aromatic heterocycles. The Morgan fingerprint density at radius 2 is 0.421 bits per heavy atom. The molecule has 3 aliphatic heterocycles. The van der Waals surface area contributed by atoms with E-state index < -0.39 is 167 Å². The zero-order valence-electron chi connectivity index (χ0n) is 74.4. The van der Waals surface area contributed by atoms with Gasteiger partial charge in [0.2, 0.25) is 17.7 Å². The van der Waals surface area contributed by atoms with E-state index in [4.69, 9.17) is 70.7 Å². The summed E-state index contributed by atoms with van der Waals surface area (Å²) in [4.78, 5) is 184. The summed E-state index contributed by atoms with van der Waals surface area (Å²) in [7, 11) is 0. The third kappa shape index (κ3) is 59.8. The Labute approximate surface area is 728 Å². The van der Waals surface area contributed by atoms with Gasteiger partial charge in [0.15, 0.2) is 0 Å². The van der Waals surface area contributed by atoms with Crippen LogP contribution in [-0.4, -0.2) is 411 Å². The van der Waals surface area contributed by atoms with Crippen molar-refractivity contribution in [2.24, 2.45) is 0 Å². The first-order valence-electron chi connectivity index (χ1n) is 38.3. The van der Waals surface area contributed by atoms with E-state index >= 15 is 0 Å². The van der Waals surface area contributed by atoms with Crippen LogP contribution < -0.4 is 50.6 Å². The largest absolute Gasteiger partial charge is 1.00 e. The number of carbonyl (C=O) groups is 15. The monoisotopic (exact) mass is 1760 g/mol. The first-order valence-corrected chi connectivity index (χ1v) is 38.3. The van der Waals surface area contributed by atoms with Crippen LogP contribution in [0.5, 0.6) is 0 Å². The van der Waals surface area contributed by atoms with Gasteiger partial charge in [-0.05, 0) is 163 Å². The molecule has 0 aromatic rings. The SMILES string of the molecule is CC(=O)NC1CC(C)(C)N(OCC(C)(C)O)C(C)(C)C1.CC(=O)NC1CC(C)(C)N(OCC(C)(C)O)C(C)(C)C1.CC(=O)NC1CC(C)(C)N(OCC(C)(C)O)C(C)(C)C1.O=C(O)CN(CCN(CC(=O)O)CC(=O)O)CC(=O)O.O=C(O)CN(CCN(CC(=O)O)CC(=O)O)CC(=O)O.O=C([O-])CN(CCN(CC(=O)O)CC(=O)O)CC(=O)O.[Na+]. The third-order valence-electron chi connectivity index (χ3n) is 17.1. The summed E-state index contributed by atoms with van der Waals surface area (Å²) in [5, 5.41) is 150. The second-order valence-corrected chi connectivity index (χ2v) is 35.4.